The first-order valence-electron chi connectivity index (χ1n) is 7.53. The number of benzene rings is 1. The number of amides is 1. The van der Waals surface area contributed by atoms with E-state index < -0.39 is 18.1 Å². The average Bonchev–Trinajstić information content (AvgIpc) is 2.45. The van der Waals surface area contributed by atoms with Gasteiger partial charge in [-0.1, -0.05) is 25.0 Å². The van der Waals surface area contributed by atoms with E-state index in [1.165, 1.54) is 6.92 Å². The number of rotatable bonds is 4. The maximum atomic E-state index is 13.0. The highest BCUT2D eigenvalue weighted by Crippen LogP contribution is 2.37. The Morgan fingerprint density at radius 3 is 2.41 bits per heavy atom. The van der Waals surface area contributed by atoms with Gasteiger partial charge in [0.05, 0.1) is 5.92 Å². The number of carbonyl (C=O) groups excluding carboxylic acids is 1. The molecule has 0 aromatic heterocycles. The smallest absolute Gasteiger partial charge is 0.326 e. The van der Waals surface area contributed by atoms with Crippen molar-refractivity contribution in [1.29, 1.82) is 0 Å². The number of nitrogens with one attached hydrogen (secondary N) is 2. The minimum atomic E-state index is -4.13. The molecule has 1 aromatic rings. The Hall–Kier alpha value is -1.56. The van der Waals surface area contributed by atoms with Crippen molar-refractivity contribution in [2.75, 3.05) is 5.32 Å². The van der Waals surface area contributed by atoms with Crippen molar-refractivity contribution in [3.63, 3.8) is 0 Å². The van der Waals surface area contributed by atoms with Gasteiger partial charge in [0, 0.05) is 25.2 Å². The molecular formula is C16H21F3N2O. The summed E-state index contributed by atoms with van der Waals surface area (Å²) in [4.78, 5) is 10.9. The fourth-order valence-corrected chi connectivity index (χ4v) is 2.93. The molecule has 22 heavy (non-hydrogen) atoms. The van der Waals surface area contributed by atoms with Gasteiger partial charge >= 0.3 is 6.18 Å². The van der Waals surface area contributed by atoms with Crippen LogP contribution in [0.15, 0.2) is 24.3 Å². The van der Waals surface area contributed by atoms with Crippen LogP contribution in [0, 0.1) is 5.92 Å². The molecule has 0 aliphatic heterocycles. The van der Waals surface area contributed by atoms with Crippen LogP contribution in [0.3, 0.4) is 0 Å². The average molecular weight is 314 g/mol. The van der Waals surface area contributed by atoms with Gasteiger partial charge in [0.1, 0.15) is 0 Å². The molecule has 122 valence electrons. The number of hydrogen-bond donors (Lipinski definition) is 2. The van der Waals surface area contributed by atoms with E-state index in [-0.39, 0.29) is 12.3 Å². The maximum Gasteiger partial charge on any atom is 0.393 e. The largest absolute Gasteiger partial charge is 0.393 e. The summed E-state index contributed by atoms with van der Waals surface area (Å²) in [5.74, 6) is -1.40. The molecule has 1 aliphatic rings. The standard InChI is InChI=1S/C16H21F3N2O/c1-11(22)21-13-8-6-12(7-9-13)10-20-15-5-3-2-4-14(15)16(17,18)19/h6-9,14-15,20H,2-5,10H2,1H3,(H,21,22)/t14-,15+/m0/s1. The van der Waals surface area contributed by atoms with Crippen LogP contribution in [-0.4, -0.2) is 18.1 Å². The van der Waals surface area contributed by atoms with Crippen LogP contribution >= 0.6 is 0 Å². The highest BCUT2D eigenvalue weighted by Gasteiger charge is 2.45. The van der Waals surface area contributed by atoms with E-state index in [2.05, 4.69) is 10.6 Å². The summed E-state index contributed by atoms with van der Waals surface area (Å²) in [5.41, 5.74) is 1.59. The first kappa shape index (κ1) is 16.8. The van der Waals surface area contributed by atoms with E-state index in [9.17, 15) is 18.0 Å². The second-order valence-corrected chi connectivity index (χ2v) is 5.80. The van der Waals surface area contributed by atoms with Crippen molar-refractivity contribution < 1.29 is 18.0 Å². The predicted octanol–water partition coefficient (Wildman–Crippen LogP) is 3.86. The molecule has 0 saturated heterocycles. The lowest BCUT2D eigenvalue weighted by Gasteiger charge is -2.33. The number of anilines is 1. The molecule has 0 heterocycles. The Morgan fingerprint density at radius 2 is 1.82 bits per heavy atom. The third-order valence-corrected chi connectivity index (χ3v) is 4.03. The van der Waals surface area contributed by atoms with Crippen LogP contribution in [0.25, 0.3) is 0 Å². The van der Waals surface area contributed by atoms with Crippen LogP contribution in [-0.2, 0) is 11.3 Å². The molecular weight excluding hydrogens is 293 g/mol. The van der Waals surface area contributed by atoms with Gasteiger partial charge in [0.2, 0.25) is 5.91 Å². The number of carbonyl (C=O) groups is 1. The van der Waals surface area contributed by atoms with Crippen LogP contribution < -0.4 is 10.6 Å². The zero-order valence-corrected chi connectivity index (χ0v) is 12.5. The molecule has 1 amide bonds. The van der Waals surface area contributed by atoms with Gasteiger partial charge < -0.3 is 10.6 Å². The van der Waals surface area contributed by atoms with E-state index in [0.717, 1.165) is 12.0 Å². The van der Waals surface area contributed by atoms with Crippen molar-refractivity contribution >= 4 is 11.6 Å². The van der Waals surface area contributed by atoms with Crippen molar-refractivity contribution in [2.24, 2.45) is 5.92 Å². The first-order valence-corrected chi connectivity index (χ1v) is 7.53. The molecule has 2 rings (SSSR count). The highest BCUT2D eigenvalue weighted by atomic mass is 19.4. The highest BCUT2D eigenvalue weighted by molar-refractivity contribution is 5.88. The van der Waals surface area contributed by atoms with E-state index in [1.54, 1.807) is 12.1 Å². The van der Waals surface area contributed by atoms with Crippen molar-refractivity contribution in [3.8, 4) is 0 Å². The van der Waals surface area contributed by atoms with E-state index in [1.807, 2.05) is 12.1 Å². The lowest BCUT2D eigenvalue weighted by molar-refractivity contribution is -0.189. The molecule has 6 heteroatoms. The van der Waals surface area contributed by atoms with Gasteiger partial charge in [0.15, 0.2) is 0 Å². The second kappa shape index (κ2) is 7.13. The SMILES string of the molecule is CC(=O)Nc1ccc(CN[C@@H]2CCCC[C@@H]2C(F)(F)F)cc1. The van der Waals surface area contributed by atoms with Gasteiger partial charge in [-0.2, -0.15) is 13.2 Å². The Morgan fingerprint density at radius 1 is 1.18 bits per heavy atom. The van der Waals surface area contributed by atoms with Crippen LogP contribution in [0.4, 0.5) is 18.9 Å². The van der Waals surface area contributed by atoms with E-state index >= 15 is 0 Å². The summed E-state index contributed by atoms with van der Waals surface area (Å²) in [7, 11) is 0. The summed E-state index contributed by atoms with van der Waals surface area (Å²) < 4.78 is 39.0. The zero-order chi connectivity index (χ0) is 16.2. The monoisotopic (exact) mass is 314 g/mol. The molecule has 2 N–H and O–H groups in total. The van der Waals surface area contributed by atoms with Gasteiger partial charge in [-0.15, -0.1) is 0 Å². The summed E-state index contributed by atoms with van der Waals surface area (Å²) in [6.07, 6.45) is -1.87. The molecule has 1 aliphatic carbocycles. The van der Waals surface area contributed by atoms with Crippen LogP contribution in [0.2, 0.25) is 0 Å². The molecule has 3 nitrogen and oxygen atoms in total. The molecule has 0 radical (unpaired) electrons. The minimum Gasteiger partial charge on any atom is -0.326 e. The van der Waals surface area contributed by atoms with Gasteiger partial charge in [-0.05, 0) is 30.5 Å². The van der Waals surface area contributed by atoms with E-state index in [0.29, 0.717) is 25.1 Å². The van der Waals surface area contributed by atoms with Crippen molar-refractivity contribution in [1.82, 2.24) is 5.32 Å². The Balaban J connectivity index is 1.92. The Bertz CT molecular complexity index is 499. The zero-order valence-electron chi connectivity index (χ0n) is 12.5. The van der Waals surface area contributed by atoms with Crippen LogP contribution in [0.5, 0.6) is 0 Å². The normalized spacial score (nSPS) is 22.4. The Labute approximate surface area is 128 Å². The molecule has 1 fully saturated rings. The molecule has 0 unspecified atom stereocenters. The van der Waals surface area contributed by atoms with Gasteiger partial charge in [-0.3, -0.25) is 4.79 Å². The number of alkyl halides is 3. The third kappa shape index (κ3) is 4.73. The molecule has 0 spiro atoms. The molecule has 1 aromatic carbocycles. The van der Waals surface area contributed by atoms with Crippen LogP contribution in [0.1, 0.15) is 38.2 Å². The van der Waals surface area contributed by atoms with Crippen molar-refractivity contribution in [2.45, 2.75) is 51.4 Å². The fourth-order valence-electron chi connectivity index (χ4n) is 2.93. The van der Waals surface area contributed by atoms with Crippen molar-refractivity contribution in [3.05, 3.63) is 29.8 Å². The summed E-state index contributed by atoms with van der Waals surface area (Å²) in [5, 5.41) is 5.70. The molecule has 2 atom stereocenters. The predicted molar refractivity (Wildman–Crippen MR) is 79.4 cm³/mol. The van der Waals surface area contributed by atoms with Gasteiger partial charge in [-0.25, -0.2) is 0 Å². The summed E-state index contributed by atoms with van der Waals surface area (Å²) >= 11 is 0. The number of halogens is 3. The molecule has 0 bridgehead atoms. The quantitative estimate of drug-likeness (QED) is 0.886. The lowest BCUT2D eigenvalue weighted by Crippen LogP contribution is -2.45. The lowest BCUT2D eigenvalue weighted by atomic mass is 9.84. The minimum absolute atomic E-state index is 0.152. The first-order chi connectivity index (χ1) is 10.4. The summed E-state index contributed by atoms with van der Waals surface area (Å²) in [6.45, 7) is 1.83. The summed E-state index contributed by atoms with van der Waals surface area (Å²) in [6, 6.07) is 6.61. The Kier molecular flexibility index (Phi) is 5.45. The topological polar surface area (TPSA) is 41.1 Å². The maximum absolute atomic E-state index is 13.0. The second-order valence-electron chi connectivity index (χ2n) is 5.80. The molecule has 1 saturated carbocycles. The fraction of sp³-hybridized carbons (Fsp3) is 0.562. The number of hydrogen-bond acceptors (Lipinski definition) is 2. The third-order valence-electron chi connectivity index (χ3n) is 4.03. The van der Waals surface area contributed by atoms with Gasteiger partial charge in [0.25, 0.3) is 0 Å². The van der Waals surface area contributed by atoms with E-state index in [4.69, 9.17) is 0 Å².